The van der Waals surface area contributed by atoms with Gasteiger partial charge in [0.2, 0.25) is 0 Å². The lowest BCUT2D eigenvalue weighted by molar-refractivity contribution is -0.143. The summed E-state index contributed by atoms with van der Waals surface area (Å²) in [4.78, 5) is 0. The molecule has 5 aromatic carbocycles. The molecule has 1 N–H and O–H groups in total. The zero-order chi connectivity index (χ0) is 31.2. The van der Waals surface area contributed by atoms with Gasteiger partial charge < -0.3 is 4.74 Å². The molecule has 0 bridgehead atoms. The lowest BCUT2D eigenvalue weighted by Gasteiger charge is -2.37. The monoisotopic (exact) mass is 605 g/mol. The van der Waals surface area contributed by atoms with Gasteiger partial charge >= 0.3 is 12.4 Å². The first kappa shape index (κ1) is 30.9. The van der Waals surface area contributed by atoms with Gasteiger partial charge in [0.25, 0.3) is 0 Å². The minimum absolute atomic E-state index is 0.106. The second-order valence-electron chi connectivity index (χ2n) is 10.4. The summed E-state index contributed by atoms with van der Waals surface area (Å²) in [5.74, 6) is 0.333. The van der Waals surface area contributed by atoms with Gasteiger partial charge in [-0.1, -0.05) is 103 Å². The van der Waals surface area contributed by atoms with Gasteiger partial charge in [-0.05, 0) is 64.6 Å². The molecule has 0 aliphatic heterocycles. The Bertz CT molecular complexity index is 1510. The average molecular weight is 606 g/mol. The van der Waals surface area contributed by atoms with Crippen LogP contribution in [-0.4, -0.2) is 6.54 Å². The van der Waals surface area contributed by atoms with Crippen molar-refractivity contribution in [2.45, 2.75) is 30.9 Å². The largest absolute Gasteiger partial charge is 0.489 e. The summed E-state index contributed by atoms with van der Waals surface area (Å²) in [5.41, 5.74) is 0.661. The molecule has 0 aliphatic carbocycles. The fourth-order valence-electron chi connectivity index (χ4n) is 5.29. The third-order valence-electron chi connectivity index (χ3n) is 7.40. The Kier molecular flexibility index (Phi) is 9.11. The SMILES string of the molecule is FC(F)(F)c1cc(COc2ccc(CCNC(c3ccccc3)(c3ccccc3)c3ccccc3)cc2)cc(C(F)(F)F)c1. The number of nitrogens with one attached hydrogen (secondary N) is 1. The van der Waals surface area contributed by atoms with E-state index in [1.165, 1.54) is 0 Å². The first-order valence-corrected chi connectivity index (χ1v) is 14.0. The van der Waals surface area contributed by atoms with Crippen LogP contribution in [0.1, 0.15) is 38.9 Å². The first-order chi connectivity index (χ1) is 21.1. The van der Waals surface area contributed by atoms with Crippen LogP contribution in [0.4, 0.5) is 26.3 Å². The maximum Gasteiger partial charge on any atom is 0.416 e. The molecular formula is C36H29F6NO. The van der Waals surface area contributed by atoms with E-state index in [4.69, 9.17) is 4.74 Å². The van der Waals surface area contributed by atoms with Crippen molar-refractivity contribution in [3.8, 4) is 5.75 Å². The topological polar surface area (TPSA) is 21.3 Å². The Morgan fingerprint density at radius 3 is 1.32 bits per heavy atom. The quantitative estimate of drug-likeness (QED) is 0.127. The molecule has 44 heavy (non-hydrogen) atoms. The smallest absolute Gasteiger partial charge is 0.416 e. The maximum atomic E-state index is 13.2. The highest BCUT2D eigenvalue weighted by molar-refractivity contribution is 5.49. The van der Waals surface area contributed by atoms with Crippen LogP contribution in [0.2, 0.25) is 0 Å². The zero-order valence-corrected chi connectivity index (χ0v) is 23.5. The molecule has 0 atom stereocenters. The molecule has 0 radical (unpaired) electrons. The molecular weight excluding hydrogens is 576 g/mol. The highest BCUT2D eigenvalue weighted by atomic mass is 19.4. The Hall–Kier alpha value is -4.56. The van der Waals surface area contributed by atoms with Gasteiger partial charge in [-0.15, -0.1) is 0 Å². The van der Waals surface area contributed by atoms with Crippen molar-refractivity contribution >= 4 is 0 Å². The van der Waals surface area contributed by atoms with Gasteiger partial charge in [0.1, 0.15) is 12.4 Å². The summed E-state index contributed by atoms with van der Waals surface area (Å²) in [6, 6.07) is 39.1. The number of halogens is 6. The normalized spacial score (nSPS) is 12.2. The van der Waals surface area contributed by atoms with Gasteiger partial charge in [0, 0.05) is 6.54 Å². The number of alkyl halides is 6. The molecule has 0 aromatic heterocycles. The van der Waals surface area contributed by atoms with E-state index in [0.29, 0.717) is 30.8 Å². The molecule has 226 valence electrons. The van der Waals surface area contributed by atoms with Crippen LogP contribution in [0.15, 0.2) is 133 Å². The minimum atomic E-state index is -4.91. The summed E-state index contributed by atoms with van der Waals surface area (Å²) >= 11 is 0. The second kappa shape index (κ2) is 13.0. The number of rotatable bonds is 10. The second-order valence-corrected chi connectivity index (χ2v) is 10.4. The molecule has 5 rings (SSSR count). The van der Waals surface area contributed by atoms with E-state index < -0.39 is 35.6 Å². The zero-order valence-electron chi connectivity index (χ0n) is 23.5. The lowest BCUT2D eigenvalue weighted by atomic mass is 9.77. The first-order valence-electron chi connectivity index (χ1n) is 14.0. The van der Waals surface area contributed by atoms with Crippen LogP contribution in [0.5, 0.6) is 5.75 Å². The minimum Gasteiger partial charge on any atom is -0.489 e. The van der Waals surface area contributed by atoms with Gasteiger partial charge in [-0.2, -0.15) is 26.3 Å². The summed E-state index contributed by atoms with van der Waals surface area (Å²) < 4.78 is 84.7. The van der Waals surface area contributed by atoms with Crippen LogP contribution >= 0.6 is 0 Å². The van der Waals surface area contributed by atoms with Crippen LogP contribution in [0, 0.1) is 0 Å². The molecule has 8 heteroatoms. The van der Waals surface area contributed by atoms with Crippen LogP contribution in [0.25, 0.3) is 0 Å². The average Bonchev–Trinajstić information content (AvgIpc) is 3.03. The summed E-state index contributed by atoms with van der Waals surface area (Å²) in [6.45, 7) is 0.158. The third kappa shape index (κ3) is 7.14. The standard InChI is InChI=1S/C36H29F6NO/c37-35(38,39)31-22-27(23-32(24-31)36(40,41)42)25-44-33-18-16-26(17-19-33)20-21-43-34(28-10-4-1-5-11-28,29-12-6-2-7-13-29)30-14-8-3-9-15-30/h1-19,22-24,43H,20-21,25H2. The van der Waals surface area contributed by atoms with Gasteiger partial charge in [-0.25, -0.2) is 0 Å². The van der Waals surface area contributed by atoms with E-state index in [0.717, 1.165) is 22.3 Å². The van der Waals surface area contributed by atoms with Crippen molar-refractivity contribution in [3.63, 3.8) is 0 Å². The van der Waals surface area contributed by atoms with Crippen LogP contribution in [0.3, 0.4) is 0 Å². The van der Waals surface area contributed by atoms with E-state index in [2.05, 4.69) is 41.7 Å². The predicted molar refractivity (Wildman–Crippen MR) is 158 cm³/mol. The number of ether oxygens (including phenoxy) is 1. The lowest BCUT2D eigenvalue weighted by Crippen LogP contribution is -2.45. The molecule has 0 amide bonds. The molecule has 0 aliphatic rings. The van der Waals surface area contributed by atoms with Crippen molar-refractivity contribution < 1.29 is 31.1 Å². The van der Waals surface area contributed by atoms with Crippen molar-refractivity contribution in [2.24, 2.45) is 0 Å². The van der Waals surface area contributed by atoms with Crippen molar-refractivity contribution in [1.82, 2.24) is 5.32 Å². The number of hydrogen-bond acceptors (Lipinski definition) is 2. The fraction of sp³-hybridized carbons (Fsp3) is 0.167. The number of hydrogen-bond donors (Lipinski definition) is 1. The molecule has 5 aromatic rings. The Balaban J connectivity index is 1.31. The third-order valence-corrected chi connectivity index (χ3v) is 7.40. The number of benzene rings is 5. The summed E-state index contributed by atoms with van der Waals surface area (Å²) in [5, 5.41) is 3.81. The van der Waals surface area contributed by atoms with E-state index in [1.54, 1.807) is 12.1 Å². The fourth-order valence-corrected chi connectivity index (χ4v) is 5.29. The molecule has 0 spiro atoms. The molecule has 0 saturated carbocycles. The van der Waals surface area contributed by atoms with Crippen molar-refractivity contribution in [1.29, 1.82) is 0 Å². The highest BCUT2D eigenvalue weighted by Gasteiger charge is 2.37. The summed E-state index contributed by atoms with van der Waals surface area (Å²) in [6.07, 6.45) is -9.17. The Morgan fingerprint density at radius 2 is 0.909 bits per heavy atom. The maximum absolute atomic E-state index is 13.2. The molecule has 2 nitrogen and oxygen atoms in total. The summed E-state index contributed by atoms with van der Waals surface area (Å²) in [7, 11) is 0. The predicted octanol–water partition coefficient (Wildman–Crippen LogP) is 9.43. The molecule has 0 heterocycles. The van der Waals surface area contributed by atoms with E-state index in [1.807, 2.05) is 66.7 Å². The molecule has 0 saturated heterocycles. The van der Waals surface area contributed by atoms with Crippen LogP contribution < -0.4 is 10.1 Å². The van der Waals surface area contributed by atoms with Crippen molar-refractivity contribution in [3.05, 3.63) is 172 Å². The molecule has 0 unspecified atom stereocenters. The van der Waals surface area contributed by atoms with E-state index >= 15 is 0 Å². The van der Waals surface area contributed by atoms with Gasteiger partial charge in [0.05, 0.1) is 16.7 Å². The van der Waals surface area contributed by atoms with E-state index in [-0.39, 0.29) is 11.6 Å². The van der Waals surface area contributed by atoms with E-state index in [9.17, 15) is 26.3 Å². The van der Waals surface area contributed by atoms with Gasteiger partial charge in [-0.3, -0.25) is 5.32 Å². The van der Waals surface area contributed by atoms with Crippen molar-refractivity contribution in [2.75, 3.05) is 6.54 Å². The Labute approximate surface area is 252 Å². The highest BCUT2D eigenvalue weighted by Crippen LogP contribution is 2.38. The molecule has 0 fully saturated rings. The Morgan fingerprint density at radius 1 is 0.477 bits per heavy atom. The van der Waals surface area contributed by atoms with Gasteiger partial charge in [0.15, 0.2) is 0 Å². The van der Waals surface area contributed by atoms with Crippen LogP contribution in [-0.2, 0) is 30.9 Å².